The zero-order valence-electron chi connectivity index (χ0n) is 18.1. The molecule has 8 heteroatoms. The normalized spacial score (nSPS) is 11.0. The van der Waals surface area contributed by atoms with E-state index in [0.717, 1.165) is 11.1 Å². The zero-order valence-corrected chi connectivity index (χ0v) is 18.1. The lowest BCUT2D eigenvalue weighted by molar-refractivity contribution is 0.102. The van der Waals surface area contributed by atoms with Crippen LogP contribution in [-0.4, -0.2) is 26.7 Å². The molecule has 0 aliphatic heterocycles. The number of amides is 3. The van der Waals surface area contributed by atoms with Gasteiger partial charge < -0.3 is 16.4 Å². The zero-order chi connectivity index (χ0) is 22.8. The molecule has 2 aromatic carbocycles. The summed E-state index contributed by atoms with van der Waals surface area (Å²) in [7, 11) is 0. The number of aryl methyl sites for hydroxylation is 1. The molecule has 4 rings (SSSR count). The predicted molar refractivity (Wildman–Crippen MR) is 126 cm³/mol. The van der Waals surface area contributed by atoms with Gasteiger partial charge in [-0.3, -0.25) is 4.79 Å². The fraction of sp³-hybridized carbons (Fsp3) is 0.167. The van der Waals surface area contributed by atoms with Crippen LogP contribution >= 0.6 is 0 Å². The summed E-state index contributed by atoms with van der Waals surface area (Å²) in [5.74, 6) is -0.301. The Labute approximate surface area is 185 Å². The number of anilines is 2. The van der Waals surface area contributed by atoms with Crippen LogP contribution in [0.3, 0.4) is 0 Å². The average molecular weight is 428 g/mol. The van der Waals surface area contributed by atoms with Gasteiger partial charge in [-0.1, -0.05) is 35.9 Å². The molecular formula is C24H24N6O2. The Balaban J connectivity index is 1.77. The second kappa shape index (κ2) is 8.50. The van der Waals surface area contributed by atoms with Crippen molar-refractivity contribution in [1.29, 1.82) is 0 Å². The lowest BCUT2D eigenvalue weighted by atomic mass is 10.0. The van der Waals surface area contributed by atoms with Gasteiger partial charge in [-0.25, -0.2) is 14.5 Å². The number of urea groups is 1. The number of primary amides is 1. The van der Waals surface area contributed by atoms with E-state index in [4.69, 9.17) is 10.7 Å². The summed E-state index contributed by atoms with van der Waals surface area (Å²) in [4.78, 5) is 29.2. The molecule has 162 valence electrons. The second-order valence-electron chi connectivity index (χ2n) is 7.87. The van der Waals surface area contributed by atoms with Crippen LogP contribution in [0.2, 0.25) is 0 Å². The van der Waals surface area contributed by atoms with Gasteiger partial charge in [-0.2, -0.15) is 5.10 Å². The Morgan fingerprint density at radius 1 is 1.00 bits per heavy atom. The number of fused-ring (bicyclic) bond motifs is 1. The lowest BCUT2D eigenvalue weighted by Crippen LogP contribution is -2.19. The van der Waals surface area contributed by atoms with Crippen LogP contribution in [0.1, 0.15) is 35.8 Å². The molecular weight excluding hydrogens is 404 g/mol. The van der Waals surface area contributed by atoms with Gasteiger partial charge in [-0.15, -0.1) is 0 Å². The van der Waals surface area contributed by atoms with Crippen molar-refractivity contribution in [2.75, 3.05) is 10.6 Å². The molecule has 2 aromatic heterocycles. The Morgan fingerprint density at radius 3 is 2.34 bits per heavy atom. The van der Waals surface area contributed by atoms with Crippen LogP contribution in [0, 0.1) is 6.92 Å². The Kier molecular flexibility index (Phi) is 5.59. The van der Waals surface area contributed by atoms with Crippen molar-refractivity contribution in [3.63, 3.8) is 0 Å². The second-order valence-corrected chi connectivity index (χ2v) is 7.87. The van der Waals surface area contributed by atoms with Gasteiger partial charge in [0.05, 0.1) is 22.8 Å². The molecule has 3 amide bonds. The molecule has 0 spiro atoms. The SMILES string of the molecule is Cc1ccc(-c2cc(C(=O)Nc3cccc(NC(N)=O)c3)c3cnn(C(C)C)c3n2)cc1. The first-order valence-corrected chi connectivity index (χ1v) is 10.2. The van der Waals surface area contributed by atoms with E-state index in [9.17, 15) is 9.59 Å². The predicted octanol–water partition coefficient (Wildman–Crippen LogP) is 4.73. The Hall–Kier alpha value is -4.20. The topological polar surface area (TPSA) is 115 Å². The Morgan fingerprint density at radius 2 is 1.69 bits per heavy atom. The van der Waals surface area contributed by atoms with Crippen molar-refractivity contribution in [2.24, 2.45) is 5.73 Å². The third-order valence-electron chi connectivity index (χ3n) is 5.04. The van der Waals surface area contributed by atoms with Crippen molar-refractivity contribution in [3.8, 4) is 11.3 Å². The van der Waals surface area contributed by atoms with Gasteiger partial charge in [0.25, 0.3) is 5.91 Å². The lowest BCUT2D eigenvalue weighted by Gasteiger charge is -2.12. The van der Waals surface area contributed by atoms with Crippen molar-refractivity contribution < 1.29 is 9.59 Å². The van der Waals surface area contributed by atoms with E-state index in [1.165, 1.54) is 0 Å². The number of nitrogens with one attached hydrogen (secondary N) is 2. The highest BCUT2D eigenvalue weighted by Gasteiger charge is 2.19. The summed E-state index contributed by atoms with van der Waals surface area (Å²) in [6.45, 7) is 6.06. The molecule has 0 unspecified atom stereocenters. The quantitative estimate of drug-likeness (QED) is 0.426. The van der Waals surface area contributed by atoms with Gasteiger partial charge in [-0.05, 0) is 45.0 Å². The molecule has 0 saturated heterocycles. The largest absolute Gasteiger partial charge is 0.351 e. The molecule has 4 N–H and O–H groups in total. The van der Waals surface area contributed by atoms with Crippen LogP contribution in [0.15, 0.2) is 60.8 Å². The minimum absolute atomic E-state index is 0.0840. The molecule has 8 nitrogen and oxygen atoms in total. The molecule has 0 bridgehead atoms. The molecule has 0 fully saturated rings. The number of hydrogen-bond donors (Lipinski definition) is 3. The minimum Gasteiger partial charge on any atom is -0.351 e. The number of rotatable bonds is 5. The van der Waals surface area contributed by atoms with E-state index in [-0.39, 0.29) is 11.9 Å². The number of pyridine rings is 1. The summed E-state index contributed by atoms with van der Waals surface area (Å²) in [5, 5.41) is 10.5. The smallest absolute Gasteiger partial charge is 0.316 e. The van der Waals surface area contributed by atoms with Crippen molar-refractivity contribution in [2.45, 2.75) is 26.8 Å². The fourth-order valence-corrected chi connectivity index (χ4v) is 3.47. The van der Waals surface area contributed by atoms with Crippen molar-refractivity contribution in [1.82, 2.24) is 14.8 Å². The third-order valence-corrected chi connectivity index (χ3v) is 5.04. The van der Waals surface area contributed by atoms with Crippen LogP contribution in [0.25, 0.3) is 22.3 Å². The maximum atomic E-state index is 13.3. The van der Waals surface area contributed by atoms with E-state index >= 15 is 0 Å². The van der Waals surface area contributed by atoms with Crippen LogP contribution < -0.4 is 16.4 Å². The molecule has 0 aliphatic rings. The molecule has 2 heterocycles. The fourth-order valence-electron chi connectivity index (χ4n) is 3.47. The summed E-state index contributed by atoms with van der Waals surface area (Å²) >= 11 is 0. The van der Waals surface area contributed by atoms with Crippen LogP contribution in [0.5, 0.6) is 0 Å². The number of aromatic nitrogens is 3. The summed E-state index contributed by atoms with van der Waals surface area (Å²) in [6, 6.07) is 16.0. The number of nitrogens with zero attached hydrogens (tertiary/aromatic N) is 3. The highest BCUT2D eigenvalue weighted by molar-refractivity contribution is 6.12. The number of benzene rings is 2. The number of nitrogens with two attached hydrogens (primary N) is 1. The number of carbonyl (C=O) groups excluding carboxylic acids is 2. The maximum Gasteiger partial charge on any atom is 0.316 e. The van der Waals surface area contributed by atoms with Gasteiger partial charge in [0.1, 0.15) is 0 Å². The monoisotopic (exact) mass is 428 g/mol. The summed E-state index contributed by atoms with van der Waals surface area (Å²) in [6.07, 6.45) is 1.67. The first kappa shape index (κ1) is 21.0. The highest BCUT2D eigenvalue weighted by atomic mass is 16.2. The first-order chi connectivity index (χ1) is 15.3. The first-order valence-electron chi connectivity index (χ1n) is 10.2. The van der Waals surface area contributed by atoms with Gasteiger partial charge >= 0.3 is 6.03 Å². The van der Waals surface area contributed by atoms with Gasteiger partial charge in [0.15, 0.2) is 5.65 Å². The molecule has 0 radical (unpaired) electrons. The van der Waals surface area contributed by atoms with Gasteiger partial charge in [0, 0.05) is 23.0 Å². The average Bonchev–Trinajstić information content (AvgIpc) is 3.17. The molecule has 0 aliphatic carbocycles. The van der Waals surface area contributed by atoms with E-state index in [1.807, 2.05) is 45.0 Å². The van der Waals surface area contributed by atoms with Crippen molar-refractivity contribution in [3.05, 3.63) is 71.9 Å². The molecule has 0 saturated carbocycles. The molecule has 0 atom stereocenters. The summed E-state index contributed by atoms with van der Waals surface area (Å²) < 4.78 is 1.81. The highest BCUT2D eigenvalue weighted by Crippen LogP contribution is 2.27. The minimum atomic E-state index is -0.673. The third kappa shape index (κ3) is 4.29. The van der Waals surface area contributed by atoms with Gasteiger partial charge in [0.2, 0.25) is 0 Å². The van der Waals surface area contributed by atoms with E-state index < -0.39 is 6.03 Å². The molecule has 32 heavy (non-hydrogen) atoms. The van der Waals surface area contributed by atoms with E-state index in [2.05, 4.69) is 15.7 Å². The van der Waals surface area contributed by atoms with Crippen LogP contribution in [-0.2, 0) is 0 Å². The van der Waals surface area contributed by atoms with E-state index in [1.54, 1.807) is 41.2 Å². The maximum absolute atomic E-state index is 13.3. The summed E-state index contributed by atoms with van der Waals surface area (Å²) in [5.41, 5.74) is 10.1. The number of hydrogen-bond acceptors (Lipinski definition) is 4. The molecule has 4 aromatic rings. The Bertz CT molecular complexity index is 1310. The van der Waals surface area contributed by atoms with Crippen LogP contribution in [0.4, 0.5) is 16.2 Å². The standard InChI is InChI=1S/C24H24N6O2/c1-14(2)30-22-20(13-26-30)19(12-21(29-22)16-9-7-15(3)8-10-16)23(31)27-17-5-4-6-18(11-17)28-24(25)32/h4-14H,1-3H3,(H,27,31)(H3,25,28,32). The number of carbonyl (C=O) groups is 2. The van der Waals surface area contributed by atoms with Crippen molar-refractivity contribution >= 4 is 34.3 Å². The van der Waals surface area contributed by atoms with E-state index in [0.29, 0.717) is 33.7 Å².